The summed E-state index contributed by atoms with van der Waals surface area (Å²) in [6.45, 7) is 11.5. The first kappa shape index (κ1) is 61.0. The number of nitrogens with one attached hydrogen (secondary N) is 6. The number of rotatable bonds is 27. The Labute approximate surface area is 403 Å². The molecule has 0 saturated carbocycles. The second-order valence-electron chi connectivity index (χ2n) is 18.8. The van der Waals surface area contributed by atoms with Gasteiger partial charge in [0, 0.05) is 6.54 Å². The second-order valence-corrected chi connectivity index (χ2v) is 18.8. The van der Waals surface area contributed by atoms with Crippen LogP contribution in [0.1, 0.15) is 170 Å². The molecule has 10 atom stereocenters. The van der Waals surface area contributed by atoms with Crippen LogP contribution in [0, 0.1) is 11.8 Å². The molecule has 10 unspecified atom stereocenters. The number of nitrogens with two attached hydrogens (primary N) is 3. The molecular weight excluding hydrogens is 881 g/mol. The highest BCUT2D eigenvalue weighted by Crippen LogP contribution is 2.16. The second kappa shape index (κ2) is 33.4. The Morgan fingerprint density at radius 3 is 1.65 bits per heavy atom. The van der Waals surface area contributed by atoms with Crippen LogP contribution in [0.5, 0.6) is 0 Å². The number of cyclic esters (lactones) is 1. The van der Waals surface area contributed by atoms with Gasteiger partial charge in [0.1, 0.15) is 42.4 Å². The topological polar surface area (TPSA) is 349 Å². The van der Waals surface area contributed by atoms with Crippen LogP contribution in [0.2, 0.25) is 0 Å². The van der Waals surface area contributed by atoms with Gasteiger partial charge < -0.3 is 64.1 Å². The highest BCUT2D eigenvalue weighted by atomic mass is 16.5. The molecule has 7 amide bonds. The van der Waals surface area contributed by atoms with Gasteiger partial charge >= 0.3 is 5.97 Å². The van der Waals surface area contributed by atoms with E-state index in [1.807, 2.05) is 0 Å². The van der Waals surface area contributed by atoms with Crippen molar-refractivity contribution in [1.82, 2.24) is 31.9 Å². The normalized spacial score (nSPS) is 23.8. The number of nitrogens with zero attached hydrogens (tertiary/aromatic N) is 1. The van der Waals surface area contributed by atoms with Crippen molar-refractivity contribution < 1.29 is 53.3 Å². The Bertz CT molecular complexity index is 1630. The number of hydrogen-bond acceptors (Lipinski definition) is 12. The van der Waals surface area contributed by atoms with Crippen molar-refractivity contribution in [3.05, 3.63) is 0 Å². The largest absolute Gasteiger partial charge is 0.458 e. The van der Waals surface area contributed by atoms with Crippen LogP contribution in [-0.4, -0.2) is 125 Å². The molecule has 14 N–H and O–H groups in total. The van der Waals surface area contributed by atoms with E-state index in [0.717, 1.165) is 38.5 Å². The molecule has 390 valence electrons. The van der Waals surface area contributed by atoms with E-state index in [9.17, 15) is 48.6 Å². The van der Waals surface area contributed by atoms with Crippen molar-refractivity contribution >= 4 is 53.3 Å². The van der Waals surface area contributed by atoms with Crippen LogP contribution in [0.25, 0.3) is 0 Å². The SMILES string of the molecule is CCC(C)C1NC(=O)C(CC(C)C)NC(=O)C(NC(=O)CC(O)CCCCCCCCCCCCCCCCN=C(N)N)C(C)OC(=O)C(C)NC(=O)C(CC(N)=O)NC(=O)C(C(C)O)NC1=O. The predicted molar refractivity (Wildman–Crippen MR) is 258 cm³/mol. The van der Waals surface area contributed by atoms with Gasteiger partial charge in [-0.3, -0.25) is 38.6 Å². The van der Waals surface area contributed by atoms with Crippen molar-refractivity contribution in [2.45, 2.75) is 225 Å². The van der Waals surface area contributed by atoms with Crippen molar-refractivity contribution in [2.75, 3.05) is 6.54 Å². The third kappa shape index (κ3) is 25.4. The molecule has 0 aliphatic carbocycles. The minimum Gasteiger partial charge on any atom is -0.458 e. The molecule has 1 aliphatic rings. The number of carbonyl (C=O) groups is 8. The number of esters is 1. The van der Waals surface area contributed by atoms with Gasteiger partial charge in [-0.25, -0.2) is 4.79 Å². The highest BCUT2D eigenvalue weighted by molar-refractivity contribution is 5.98. The number of primary amides is 1. The standard InChI is InChI=1S/C47H86N10O11/c1-8-29(4)38-43(64)57-39(31(6)58)44(65)54-35(27-36(48)60)41(62)52-30(5)46(67)68-32(7)40(45(66)53-34(25-28(2)3)42(63)56-38)55-37(61)26-33(59)23-21-19-17-15-13-11-9-10-12-14-16-18-20-22-24-51-47(49)50/h28-35,38-40,58-59H,8-27H2,1-7H3,(H2,48,60)(H,52,62)(H,53,66)(H,54,65)(H,55,61)(H,56,63)(H,57,64)(H4,49,50,51). The minimum absolute atomic E-state index is 0.0775. The number of amides is 7. The summed E-state index contributed by atoms with van der Waals surface area (Å²) >= 11 is 0. The molecule has 68 heavy (non-hydrogen) atoms. The summed E-state index contributed by atoms with van der Waals surface area (Å²) in [5, 5.41) is 36.3. The number of aliphatic imine (C=N–C) groups is 1. The van der Waals surface area contributed by atoms with Gasteiger partial charge in [0.2, 0.25) is 41.4 Å². The van der Waals surface area contributed by atoms with E-state index < -0.39 is 114 Å². The summed E-state index contributed by atoms with van der Waals surface area (Å²) in [5.41, 5.74) is 16.1. The lowest BCUT2D eigenvalue weighted by Crippen LogP contribution is -2.62. The van der Waals surface area contributed by atoms with Gasteiger partial charge in [-0.1, -0.05) is 118 Å². The van der Waals surface area contributed by atoms with Crippen LogP contribution in [0.15, 0.2) is 4.99 Å². The zero-order chi connectivity index (χ0) is 51.3. The molecule has 0 aromatic heterocycles. The zero-order valence-electron chi connectivity index (χ0n) is 41.7. The maximum Gasteiger partial charge on any atom is 0.328 e. The lowest BCUT2D eigenvalue weighted by molar-refractivity contribution is -0.155. The molecule has 0 spiro atoms. The maximum atomic E-state index is 14.1. The van der Waals surface area contributed by atoms with Gasteiger partial charge in [0.15, 0.2) is 5.96 Å². The van der Waals surface area contributed by atoms with E-state index in [4.69, 9.17) is 21.9 Å². The minimum atomic E-state index is -1.68. The number of aliphatic hydroxyl groups is 2. The fraction of sp³-hybridized carbons (Fsp3) is 0.809. The molecule has 0 bridgehead atoms. The number of aliphatic hydroxyl groups excluding tert-OH is 2. The Morgan fingerprint density at radius 1 is 0.662 bits per heavy atom. The molecule has 0 aromatic rings. The average Bonchev–Trinajstić information content (AvgIpc) is 3.25. The third-order valence-electron chi connectivity index (χ3n) is 12.0. The summed E-state index contributed by atoms with van der Waals surface area (Å²) in [5.74, 6) is -8.00. The zero-order valence-corrected chi connectivity index (χ0v) is 41.7. The van der Waals surface area contributed by atoms with E-state index in [0.29, 0.717) is 25.8 Å². The highest BCUT2D eigenvalue weighted by Gasteiger charge is 2.38. The molecule has 1 saturated heterocycles. The maximum absolute atomic E-state index is 14.1. The van der Waals surface area contributed by atoms with Crippen molar-refractivity contribution in [2.24, 2.45) is 34.0 Å². The van der Waals surface area contributed by atoms with E-state index in [-0.39, 0.29) is 24.7 Å². The van der Waals surface area contributed by atoms with Crippen molar-refractivity contribution in [3.63, 3.8) is 0 Å². The van der Waals surface area contributed by atoms with Crippen LogP contribution < -0.4 is 49.1 Å². The lowest BCUT2D eigenvalue weighted by Gasteiger charge is -2.30. The summed E-state index contributed by atoms with van der Waals surface area (Å²) in [6.07, 6.45) is 11.2. The van der Waals surface area contributed by atoms with Gasteiger partial charge in [-0.15, -0.1) is 0 Å². The van der Waals surface area contributed by atoms with E-state index in [1.54, 1.807) is 27.7 Å². The molecule has 1 heterocycles. The quantitative estimate of drug-likeness (QED) is 0.0238. The average molecular weight is 967 g/mol. The van der Waals surface area contributed by atoms with E-state index in [1.165, 1.54) is 65.7 Å². The first-order chi connectivity index (χ1) is 32.1. The van der Waals surface area contributed by atoms with Crippen LogP contribution in [-0.2, 0) is 43.1 Å². The summed E-state index contributed by atoms with van der Waals surface area (Å²) in [7, 11) is 0. The summed E-state index contributed by atoms with van der Waals surface area (Å²) in [4.78, 5) is 111. The lowest BCUT2D eigenvalue weighted by atomic mass is 9.96. The third-order valence-corrected chi connectivity index (χ3v) is 12.0. The van der Waals surface area contributed by atoms with Crippen molar-refractivity contribution in [1.29, 1.82) is 0 Å². The molecule has 1 fully saturated rings. The Balaban J connectivity index is 3.08. The number of hydrogen-bond donors (Lipinski definition) is 11. The fourth-order valence-corrected chi connectivity index (χ4v) is 7.73. The first-order valence-electron chi connectivity index (χ1n) is 24.8. The monoisotopic (exact) mass is 967 g/mol. The number of guanidine groups is 1. The smallest absolute Gasteiger partial charge is 0.328 e. The summed E-state index contributed by atoms with van der Waals surface area (Å²) < 4.78 is 5.57. The van der Waals surface area contributed by atoms with E-state index in [2.05, 4.69) is 36.9 Å². The van der Waals surface area contributed by atoms with E-state index >= 15 is 0 Å². The molecule has 0 radical (unpaired) electrons. The first-order valence-corrected chi connectivity index (χ1v) is 24.8. The van der Waals surface area contributed by atoms with Crippen molar-refractivity contribution in [3.8, 4) is 0 Å². The molecule has 1 rings (SSSR count). The number of carbonyl (C=O) groups excluding carboxylic acids is 8. The Hall–Kier alpha value is -5.05. The van der Waals surface area contributed by atoms with Gasteiger partial charge in [-0.2, -0.15) is 0 Å². The molecule has 21 heteroatoms. The molecule has 0 aromatic carbocycles. The Morgan fingerprint density at radius 2 is 1.15 bits per heavy atom. The Kier molecular flexibility index (Phi) is 30.0. The molecule has 1 aliphatic heterocycles. The van der Waals surface area contributed by atoms with Crippen LogP contribution >= 0.6 is 0 Å². The molecule has 21 nitrogen and oxygen atoms in total. The number of ether oxygens (including phenoxy) is 1. The van der Waals surface area contributed by atoms with Gasteiger partial charge in [-0.05, 0) is 51.9 Å². The van der Waals surface area contributed by atoms with Gasteiger partial charge in [0.25, 0.3) is 0 Å². The fourth-order valence-electron chi connectivity index (χ4n) is 7.73. The van der Waals surface area contributed by atoms with Gasteiger partial charge in [0.05, 0.1) is 25.0 Å². The predicted octanol–water partition coefficient (Wildman–Crippen LogP) is 1.08. The summed E-state index contributed by atoms with van der Waals surface area (Å²) in [6, 6.07) is -8.93. The number of unbranched alkanes of at least 4 members (excludes halogenated alkanes) is 13. The molecular formula is C47H86N10O11. The van der Waals surface area contributed by atoms with Crippen LogP contribution in [0.3, 0.4) is 0 Å². The van der Waals surface area contributed by atoms with Crippen LogP contribution in [0.4, 0.5) is 0 Å².